The average Bonchev–Trinajstić information content (AvgIpc) is 2.19. The maximum absolute atomic E-state index is 8.52. The van der Waals surface area contributed by atoms with Gasteiger partial charge < -0.3 is 9.84 Å². The van der Waals surface area contributed by atoms with Gasteiger partial charge >= 0.3 is 0 Å². The minimum atomic E-state index is 0.153. The van der Waals surface area contributed by atoms with E-state index in [1.54, 1.807) is 19.2 Å². The van der Waals surface area contributed by atoms with Gasteiger partial charge in [0.25, 0.3) is 0 Å². The Balaban J connectivity index is 2.58. The van der Waals surface area contributed by atoms with Crippen molar-refractivity contribution < 1.29 is 9.84 Å². The third-order valence-electron chi connectivity index (χ3n) is 1.45. The Kier molecular flexibility index (Phi) is 3.92. The minimum Gasteiger partial charge on any atom is -0.480 e. The third-order valence-corrected chi connectivity index (χ3v) is 1.45. The van der Waals surface area contributed by atoms with E-state index < -0.39 is 0 Å². The molecule has 0 aliphatic carbocycles. The van der Waals surface area contributed by atoms with Crippen LogP contribution in [0.2, 0.25) is 0 Å². The van der Waals surface area contributed by atoms with E-state index in [2.05, 4.69) is 10.2 Å². The number of ether oxygens (including phenoxy) is 1. The van der Waals surface area contributed by atoms with Gasteiger partial charge in [-0.25, -0.2) is 0 Å². The number of aliphatic hydroxyl groups excluding tert-OH is 1. The summed E-state index contributed by atoms with van der Waals surface area (Å²) in [5.41, 5.74) is 0.759. The number of hydrogen-bond acceptors (Lipinski definition) is 4. The summed E-state index contributed by atoms with van der Waals surface area (Å²) in [4.78, 5) is 0. The van der Waals surface area contributed by atoms with Crippen LogP contribution < -0.4 is 4.74 Å². The number of methoxy groups -OCH3 is 1. The molecule has 1 aromatic heterocycles. The van der Waals surface area contributed by atoms with Crippen LogP contribution in [-0.2, 0) is 0 Å². The van der Waals surface area contributed by atoms with Crippen molar-refractivity contribution in [1.82, 2.24) is 10.2 Å². The van der Waals surface area contributed by atoms with Gasteiger partial charge in [-0.05, 0) is 18.6 Å². The summed E-state index contributed by atoms with van der Waals surface area (Å²) >= 11 is 0. The second-order valence-electron chi connectivity index (χ2n) is 2.42. The van der Waals surface area contributed by atoms with Crippen LogP contribution >= 0.6 is 0 Å². The van der Waals surface area contributed by atoms with Crippen molar-refractivity contribution in [2.45, 2.75) is 6.42 Å². The van der Waals surface area contributed by atoms with E-state index in [1.807, 2.05) is 12.2 Å². The predicted molar refractivity (Wildman–Crippen MR) is 49.3 cm³/mol. The zero-order chi connectivity index (χ0) is 9.52. The Bertz CT molecular complexity index is 269. The quantitative estimate of drug-likeness (QED) is 0.747. The molecule has 0 fully saturated rings. The number of aromatic nitrogens is 2. The van der Waals surface area contributed by atoms with Crippen LogP contribution in [0.5, 0.6) is 5.88 Å². The van der Waals surface area contributed by atoms with E-state index >= 15 is 0 Å². The molecule has 0 saturated heterocycles. The molecule has 0 amide bonds. The van der Waals surface area contributed by atoms with Crippen molar-refractivity contribution in [3.05, 3.63) is 23.9 Å². The zero-order valence-electron chi connectivity index (χ0n) is 7.47. The highest BCUT2D eigenvalue weighted by Crippen LogP contribution is 2.04. The van der Waals surface area contributed by atoms with Crippen molar-refractivity contribution >= 4 is 6.08 Å². The van der Waals surface area contributed by atoms with Gasteiger partial charge in [-0.2, -0.15) is 0 Å². The van der Waals surface area contributed by atoms with E-state index in [4.69, 9.17) is 9.84 Å². The van der Waals surface area contributed by atoms with Crippen molar-refractivity contribution in [2.75, 3.05) is 13.7 Å². The topological polar surface area (TPSA) is 55.2 Å². The maximum atomic E-state index is 8.52. The van der Waals surface area contributed by atoms with E-state index in [9.17, 15) is 0 Å². The number of hydrogen-bond donors (Lipinski definition) is 1. The van der Waals surface area contributed by atoms with Gasteiger partial charge in [0.1, 0.15) is 0 Å². The highest BCUT2D eigenvalue weighted by atomic mass is 16.5. The Morgan fingerprint density at radius 3 is 2.85 bits per heavy atom. The average molecular weight is 180 g/mol. The molecule has 1 rings (SSSR count). The summed E-state index contributed by atoms with van der Waals surface area (Å²) in [6.45, 7) is 0.153. The van der Waals surface area contributed by atoms with Gasteiger partial charge in [-0.1, -0.05) is 6.08 Å². The van der Waals surface area contributed by atoms with Crippen LogP contribution in [0.4, 0.5) is 0 Å². The first-order chi connectivity index (χ1) is 6.36. The molecular weight excluding hydrogens is 168 g/mol. The fourth-order valence-corrected chi connectivity index (χ4v) is 0.807. The molecule has 1 heterocycles. The molecule has 1 N–H and O–H groups in total. The number of rotatable bonds is 4. The zero-order valence-corrected chi connectivity index (χ0v) is 7.47. The monoisotopic (exact) mass is 180 g/mol. The molecule has 4 nitrogen and oxygen atoms in total. The first-order valence-corrected chi connectivity index (χ1v) is 4.02. The van der Waals surface area contributed by atoms with Crippen LogP contribution in [-0.4, -0.2) is 29.0 Å². The second-order valence-corrected chi connectivity index (χ2v) is 2.42. The van der Waals surface area contributed by atoms with Crippen molar-refractivity contribution in [3.63, 3.8) is 0 Å². The molecule has 1 aromatic rings. The first-order valence-electron chi connectivity index (χ1n) is 4.02. The lowest BCUT2D eigenvalue weighted by Crippen LogP contribution is -1.91. The minimum absolute atomic E-state index is 0.153. The lowest BCUT2D eigenvalue weighted by Gasteiger charge is -1.95. The summed E-state index contributed by atoms with van der Waals surface area (Å²) in [5.74, 6) is 0.499. The molecular formula is C9H12N2O2. The Labute approximate surface area is 76.9 Å². The predicted octanol–water partition coefficient (Wildman–Crippen LogP) is 0.881. The van der Waals surface area contributed by atoms with Crippen LogP contribution in [0.3, 0.4) is 0 Å². The van der Waals surface area contributed by atoms with E-state index in [0.29, 0.717) is 12.3 Å². The number of nitrogens with zero attached hydrogens (tertiary/aromatic N) is 2. The van der Waals surface area contributed by atoms with E-state index in [0.717, 1.165) is 5.69 Å². The Morgan fingerprint density at radius 1 is 1.46 bits per heavy atom. The summed E-state index contributed by atoms with van der Waals surface area (Å²) in [5, 5.41) is 16.2. The molecule has 0 aromatic carbocycles. The maximum Gasteiger partial charge on any atom is 0.233 e. The van der Waals surface area contributed by atoms with E-state index in [-0.39, 0.29) is 6.61 Å². The normalized spacial score (nSPS) is 10.6. The fourth-order valence-electron chi connectivity index (χ4n) is 0.807. The smallest absolute Gasteiger partial charge is 0.233 e. The molecule has 4 heteroatoms. The fraction of sp³-hybridized carbons (Fsp3) is 0.333. The van der Waals surface area contributed by atoms with Crippen molar-refractivity contribution in [1.29, 1.82) is 0 Å². The molecule has 0 aliphatic heterocycles. The van der Waals surface area contributed by atoms with Crippen molar-refractivity contribution in [3.8, 4) is 5.88 Å². The Hall–Kier alpha value is -1.42. The third kappa shape index (κ3) is 3.21. The van der Waals surface area contributed by atoms with Gasteiger partial charge in [0.05, 0.1) is 12.8 Å². The van der Waals surface area contributed by atoms with Gasteiger partial charge in [-0.3, -0.25) is 0 Å². The Morgan fingerprint density at radius 2 is 2.31 bits per heavy atom. The van der Waals surface area contributed by atoms with Gasteiger partial charge in [-0.15, -0.1) is 10.2 Å². The number of aliphatic hydroxyl groups is 1. The van der Waals surface area contributed by atoms with Gasteiger partial charge in [0, 0.05) is 12.7 Å². The molecule has 0 radical (unpaired) electrons. The summed E-state index contributed by atoms with van der Waals surface area (Å²) in [7, 11) is 1.55. The summed E-state index contributed by atoms with van der Waals surface area (Å²) in [6, 6.07) is 3.55. The highest BCUT2D eigenvalue weighted by molar-refractivity contribution is 5.43. The molecule has 0 aliphatic rings. The lowest BCUT2D eigenvalue weighted by atomic mass is 10.3. The molecule has 13 heavy (non-hydrogen) atoms. The SMILES string of the molecule is COc1ccc(C=CCCO)nn1. The van der Waals surface area contributed by atoms with Gasteiger partial charge in [0.15, 0.2) is 0 Å². The highest BCUT2D eigenvalue weighted by Gasteiger charge is 1.92. The molecule has 70 valence electrons. The standard InChI is InChI=1S/C9H12N2O2/c1-13-9-6-5-8(10-11-9)4-2-3-7-12/h2,4-6,12H,3,7H2,1H3. The van der Waals surface area contributed by atoms with Crippen molar-refractivity contribution in [2.24, 2.45) is 0 Å². The lowest BCUT2D eigenvalue weighted by molar-refractivity contribution is 0.303. The molecule has 0 saturated carbocycles. The molecule has 0 atom stereocenters. The molecule has 0 unspecified atom stereocenters. The van der Waals surface area contributed by atoms with Gasteiger partial charge in [0.2, 0.25) is 5.88 Å². The summed E-state index contributed by atoms with van der Waals surface area (Å²) in [6.07, 6.45) is 4.28. The van der Waals surface area contributed by atoms with Crippen LogP contribution in [0.25, 0.3) is 6.08 Å². The summed E-state index contributed by atoms with van der Waals surface area (Å²) < 4.78 is 4.86. The molecule has 0 bridgehead atoms. The van der Waals surface area contributed by atoms with Crippen LogP contribution in [0, 0.1) is 0 Å². The molecule has 0 spiro atoms. The second kappa shape index (κ2) is 5.27. The first kappa shape index (κ1) is 9.67. The van der Waals surface area contributed by atoms with Crippen LogP contribution in [0.1, 0.15) is 12.1 Å². The van der Waals surface area contributed by atoms with E-state index in [1.165, 1.54) is 0 Å². The van der Waals surface area contributed by atoms with Crippen LogP contribution in [0.15, 0.2) is 18.2 Å². The largest absolute Gasteiger partial charge is 0.480 e.